The molecule has 5 nitrogen and oxygen atoms in total. The molecule has 1 amide bonds. The first-order valence-corrected chi connectivity index (χ1v) is 5.26. The minimum Gasteiger partial charge on any atom is -0.505 e. The van der Waals surface area contributed by atoms with Gasteiger partial charge in [-0.25, -0.2) is 4.79 Å². The van der Waals surface area contributed by atoms with Gasteiger partial charge in [0.1, 0.15) is 5.76 Å². The summed E-state index contributed by atoms with van der Waals surface area (Å²) < 4.78 is 10.1. The predicted octanol–water partition coefficient (Wildman–Crippen LogP) is 2.73. The van der Waals surface area contributed by atoms with Gasteiger partial charge in [0.15, 0.2) is 0 Å². The summed E-state index contributed by atoms with van der Waals surface area (Å²) in [6.07, 6.45) is 3.87. The summed E-state index contributed by atoms with van der Waals surface area (Å²) in [7, 11) is 3.07. The van der Waals surface area contributed by atoms with Crippen molar-refractivity contribution in [3.63, 3.8) is 0 Å². The van der Waals surface area contributed by atoms with Crippen LogP contribution in [-0.2, 0) is 4.74 Å². The van der Waals surface area contributed by atoms with Crippen LogP contribution in [0.4, 0.5) is 4.79 Å². The largest absolute Gasteiger partial charge is 0.505 e. The van der Waals surface area contributed by atoms with Crippen molar-refractivity contribution in [3.8, 4) is 0 Å². The van der Waals surface area contributed by atoms with Crippen LogP contribution in [0.15, 0.2) is 35.2 Å². The zero-order valence-corrected chi connectivity index (χ0v) is 10.2. The molecule has 94 valence electrons. The number of rotatable bonds is 5. The molecule has 1 aromatic rings. The maximum Gasteiger partial charge on any atom is 0.407 e. The van der Waals surface area contributed by atoms with Gasteiger partial charge in [-0.05, 0) is 18.2 Å². The first kappa shape index (κ1) is 13.2. The van der Waals surface area contributed by atoms with E-state index < -0.39 is 6.09 Å². The molecular weight excluding hydrogens is 222 g/mol. The number of carboxylic acid groups (broad SMARTS) is 1. The van der Waals surface area contributed by atoms with Gasteiger partial charge in [-0.2, -0.15) is 0 Å². The lowest BCUT2D eigenvalue weighted by molar-refractivity contribution is 0.121. The van der Waals surface area contributed by atoms with Gasteiger partial charge in [-0.1, -0.05) is 6.92 Å². The summed E-state index contributed by atoms with van der Waals surface area (Å²) in [4.78, 5) is 12.3. The molecule has 0 saturated carbocycles. The van der Waals surface area contributed by atoms with Gasteiger partial charge in [0, 0.05) is 13.0 Å². The van der Waals surface area contributed by atoms with Crippen molar-refractivity contribution < 1.29 is 19.1 Å². The van der Waals surface area contributed by atoms with Gasteiger partial charge < -0.3 is 19.2 Å². The van der Waals surface area contributed by atoms with Crippen molar-refractivity contribution >= 4 is 6.09 Å². The number of amides is 1. The summed E-state index contributed by atoms with van der Waals surface area (Å²) in [6.45, 7) is 1.90. The first-order chi connectivity index (χ1) is 8.07. The number of methoxy groups -OCH3 is 1. The van der Waals surface area contributed by atoms with Crippen LogP contribution in [0.1, 0.15) is 18.7 Å². The van der Waals surface area contributed by atoms with Crippen LogP contribution in [-0.4, -0.2) is 30.3 Å². The molecule has 5 heteroatoms. The molecule has 17 heavy (non-hydrogen) atoms. The maximum atomic E-state index is 11.0. The molecule has 2 atom stereocenters. The van der Waals surface area contributed by atoms with Gasteiger partial charge >= 0.3 is 6.09 Å². The molecule has 1 heterocycles. The van der Waals surface area contributed by atoms with Crippen molar-refractivity contribution in [2.45, 2.75) is 13.0 Å². The summed E-state index contributed by atoms with van der Waals surface area (Å²) in [5, 5.41) is 9.05. The van der Waals surface area contributed by atoms with Gasteiger partial charge in [-0.15, -0.1) is 0 Å². The third-order valence-corrected chi connectivity index (χ3v) is 2.57. The monoisotopic (exact) mass is 239 g/mol. The van der Waals surface area contributed by atoms with Crippen molar-refractivity contribution in [2.24, 2.45) is 5.92 Å². The van der Waals surface area contributed by atoms with E-state index in [-0.39, 0.29) is 12.0 Å². The third kappa shape index (κ3) is 3.27. The fourth-order valence-corrected chi connectivity index (χ4v) is 1.69. The lowest BCUT2D eigenvalue weighted by atomic mass is 9.98. The Labute approximate surface area is 100 Å². The molecule has 0 fully saturated rings. The number of furan rings is 1. The van der Waals surface area contributed by atoms with Gasteiger partial charge in [-0.3, -0.25) is 0 Å². The highest BCUT2D eigenvalue weighted by atomic mass is 16.5. The molecule has 0 saturated heterocycles. The van der Waals surface area contributed by atoms with Crippen molar-refractivity contribution in [1.82, 2.24) is 4.90 Å². The lowest BCUT2D eigenvalue weighted by Gasteiger charge is -2.27. The highest BCUT2D eigenvalue weighted by Crippen LogP contribution is 2.29. The molecule has 0 aliphatic rings. The molecule has 0 aromatic carbocycles. The summed E-state index contributed by atoms with van der Waals surface area (Å²) in [5.41, 5.74) is 0. The number of carbonyl (C=O) groups is 1. The second-order valence-electron chi connectivity index (χ2n) is 3.78. The van der Waals surface area contributed by atoms with Crippen LogP contribution >= 0.6 is 0 Å². The highest BCUT2D eigenvalue weighted by Gasteiger charge is 2.27. The second kappa shape index (κ2) is 5.98. The Morgan fingerprint density at radius 3 is 2.82 bits per heavy atom. The second-order valence-corrected chi connectivity index (χ2v) is 3.78. The van der Waals surface area contributed by atoms with Crippen LogP contribution in [0.5, 0.6) is 0 Å². The molecule has 0 bridgehead atoms. The molecule has 1 rings (SSSR count). The van der Waals surface area contributed by atoms with Crippen molar-refractivity contribution in [2.75, 3.05) is 14.2 Å². The summed E-state index contributed by atoms with van der Waals surface area (Å²) >= 11 is 0. The summed E-state index contributed by atoms with van der Waals surface area (Å²) in [5.74, 6) is 0.561. The van der Waals surface area contributed by atoms with E-state index in [4.69, 9.17) is 14.3 Å². The fraction of sp³-hybridized carbons (Fsp3) is 0.417. The van der Waals surface area contributed by atoms with Crippen molar-refractivity contribution in [1.29, 1.82) is 0 Å². The molecule has 0 aliphatic heterocycles. The number of nitrogens with zero attached hydrogens (tertiary/aromatic N) is 1. The van der Waals surface area contributed by atoms with Crippen LogP contribution in [0.3, 0.4) is 0 Å². The SMILES string of the molecule is CO/C=C/[C@H](C)[C@@H](c1ccco1)N(C)C(=O)O. The fourth-order valence-electron chi connectivity index (χ4n) is 1.69. The van der Waals surface area contributed by atoms with Crippen LogP contribution < -0.4 is 0 Å². The van der Waals surface area contributed by atoms with Crippen LogP contribution in [0.25, 0.3) is 0 Å². The Morgan fingerprint density at radius 2 is 2.35 bits per heavy atom. The Balaban J connectivity index is 2.94. The zero-order valence-electron chi connectivity index (χ0n) is 10.2. The predicted molar refractivity (Wildman–Crippen MR) is 62.5 cm³/mol. The quantitative estimate of drug-likeness (QED) is 0.802. The minimum absolute atomic E-state index is 0.0535. The van der Waals surface area contributed by atoms with E-state index in [1.165, 1.54) is 24.5 Å². The van der Waals surface area contributed by atoms with Gasteiger partial charge in [0.05, 0.1) is 25.7 Å². The van der Waals surface area contributed by atoms with Gasteiger partial charge in [0.2, 0.25) is 0 Å². The molecule has 0 unspecified atom stereocenters. The zero-order chi connectivity index (χ0) is 12.8. The normalized spacial score (nSPS) is 14.5. The summed E-state index contributed by atoms with van der Waals surface area (Å²) in [6, 6.07) is 3.14. The number of ether oxygens (including phenoxy) is 1. The Bertz CT molecular complexity index is 372. The number of hydrogen-bond acceptors (Lipinski definition) is 3. The van der Waals surface area contributed by atoms with Crippen LogP contribution in [0, 0.1) is 5.92 Å². The maximum absolute atomic E-state index is 11.0. The van der Waals surface area contributed by atoms with Crippen molar-refractivity contribution in [3.05, 3.63) is 36.5 Å². The van der Waals surface area contributed by atoms with Crippen LogP contribution in [0.2, 0.25) is 0 Å². The van der Waals surface area contributed by atoms with E-state index >= 15 is 0 Å². The third-order valence-electron chi connectivity index (χ3n) is 2.57. The van der Waals surface area contributed by atoms with E-state index in [1.807, 2.05) is 6.92 Å². The molecule has 1 N–H and O–H groups in total. The van der Waals surface area contributed by atoms with Gasteiger partial charge in [0.25, 0.3) is 0 Å². The molecule has 0 aliphatic carbocycles. The molecule has 1 aromatic heterocycles. The molecular formula is C12H17NO4. The topological polar surface area (TPSA) is 62.9 Å². The number of hydrogen-bond donors (Lipinski definition) is 1. The lowest BCUT2D eigenvalue weighted by Crippen LogP contribution is -2.32. The first-order valence-electron chi connectivity index (χ1n) is 5.26. The van der Waals surface area contributed by atoms with E-state index in [0.717, 1.165) is 0 Å². The molecule has 0 spiro atoms. The Morgan fingerprint density at radius 1 is 1.65 bits per heavy atom. The minimum atomic E-state index is -0.996. The smallest absolute Gasteiger partial charge is 0.407 e. The van der Waals surface area contributed by atoms with E-state index in [0.29, 0.717) is 5.76 Å². The van der Waals surface area contributed by atoms with E-state index in [1.54, 1.807) is 25.3 Å². The van der Waals surface area contributed by atoms with E-state index in [9.17, 15) is 4.79 Å². The standard InChI is InChI=1S/C12H17NO4/c1-9(6-8-16-3)11(13(2)12(14)15)10-5-4-7-17-10/h4-9,11H,1-3H3,(H,14,15)/b8-6+/t9-,11-/m0/s1. The van der Waals surface area contributed by atoms with E-state index in [2.05, 4.69) is 0 Å². The Kier molecular flexibility index (Phi) is 4.63. The average molecular weight is 239 g/mol. The molecule has 0 radical (unpaired) electrons. The Hall–Kier alpha value is -1.91. The average Bonchev–Trinajstić information content (AvgIpc) is 2.79. The highest BCUT2D eigenvalue weighted by molar-refractivity contribution is 5.65.